The highest BCUT2D eigenvalue weighted by Gasteiger charge is 2.23. The molecule has 0 saturated carbocycles. The second-order valence-electron chi connectivity index (χ2n) is 6.87. The summed E-state index contributed by atoms with van der Waals surface area (Å²) in [6.45, 7) is 4.40. The number of nitrogens with one attached hydrogen (secondary N) is 2. The molecule has 0 amide bonds. The van der Waals surface area contributed by atoms with Gasteiger partial charge >= 0.3 is 0 Å². The molecule has 1 saturated heterocycles. The summed E-state index contributed by atoms with van der Waals surface area (Å²) in [5.74, 6) is 1.32. The van der Waals surface area contributed by atoms with Gasteiger partial charge in [-0.3, -0.25) is 9.89 Å². The monoisotopic (exact) mass is 400 g/mol. The van der Waals surface area contributed by atoms with E-state index in [9.17, 15) is 4.39 Å². The van der Waals surface area contributed by atoms with Crippen LogP contribution in [0.4, 0.5) is 4.39 Å². The minimum Gasteiger partial charge on any atom is -0.497 e. The van der Waals surface area contributed by atoms with E-state index in [0.717, 1.165) is 30.0 Å². The second-order valence-corrected chi connectivity index (χ2v) is 6.87. The van der Waals surface area contributed by atoms with E-state index in [-0.39, 0.29) is 11.9 Å². The molecular weight excluding hydrogens is 371 g/mol. The summed E-state index contributed by atoms with van der Waals surface area (Å²) in [5.41, 5.74) is 2.18. The molecule has 29 heavy (non-hydrogen) atoms. The summed E-state index contributed by atoms with van der Waals surface area (Å²) < 4.78 is 24.2. The lowest BCUT2D eigenvalue weighted by Gasteiger charge is -2.35. The van der Waals surface area contributed by atoms with E-state index in [4.69, 9.17) is 9.47 Å². The number of benzene rings is 2. The molecule has 7 heteroatoms. The van der Waals surface area contributed by atoms with Crippen molar-refractivity contribution in [1.82, 2.24) is 15.5 Å². The fraction of sp³-hybridized carbons (Fsp3) is 0.409. The van der Waals surface area contributed by atoms with Gasteiger partial charge in [-0.1, -0.05) is 24.3 Å². The van der Waals surface area contributed by atoms with Crippen LogP contribution in [0, 0.1) is 5.82 Å². The van der Waals surface area contributed by atoms with E-state index in [1.807, 2.05) is 36.4 Å². The number of methoxy groups -OCH3 is 1. The first-order valence-electron chi connectivity index (χ1n) is 9.84. The van der Waals surface area contributed by atoms with Gasteiger partial charge in [0, 0.05) is 33.2 Å². The highest BCUT2D eigenvalue weighted by molar-refractivity contribution is 5.79. The van der Waals surface area contributed by atoms with E-state index in [1.165, 1.54) is 12.1 Å². The molecule has 156 valence electrons. The number of halogens is 1. The predicted molar refractivity (Wildman–Crippen MR) is 113 cm³/mol. The maximum absolute atomic E-state index is 13.4. The zero-order valence-corrected chi connectivity index (χ0v) is 17.0. The van der Waals surface area contributed by atoms with Crippen molar-refractivity contribution in [3.63, 3.8) is 0 Å². The quantitative estimate of drug-likeness (QED) is 0.553. The Bertz CT molecular complexity index is 792. The predicted octanol–water partition coefficient (Wildman–Crippen LogP) is 2.57. The van der Waals surface area contributed by atoms with Crippen molar-refractivity contribution in [3.8, 4) is 5.75 Å². The molecule has 1 unspecified atom stereocenters. The molecule has 1 atom stereocenters. The molecule has 3 rings (SSSR count). The van der Waals surface area contributed by atoms with Crippen LogP contribution in [0.5, 0.6) is 5.75 Å². The average Bonchev–Trinajstić information content (AvgIpc) is 2.78. The largest absolute Gasteiger partial charge is 0.497 e. The first-order valence-corrected chi connectivity index (χ1v) is 9.84. The Morgan fingerprint density at radius 2 is 1.93 bits per heavy atom. The number of morpholine rings is 1. The fourth-order valence-electron chi connectivity index (χ4n) is 3.41. The molecule has 0 aliphatic carbocycles. The number of guanidine groups is 1. The summed E-state index contributed by atoms with van der Waals surface area (Å²) in [4.78, 5) is 6.69. The summed E-state index contributed by atoms with van der Waals surface area (Å²) >= 11 is 0. The Labute approximate surface area is 171 Å². The lowest BCUT2D eigenvalue weighted by Crippen LogP contribution is -2.46. The van der Waals surface area contributed by atoms with E-state index < -0.39 is 0 Å². The minimum atomic E-state index is -0.224. The average molecular weight is 400 g/mol. The van der Waals surface area contributed by atoms with Gasteiger partial charge in [0.25, 0.3) is 0 Å². The zero-order chi connectivity index (χ0) is 20.5. The van der Waals surface area contributed by atoms with E-state index in [0.29, 0.717) is 32.3 Å². The van der Waals surface area contributed by atoms with Crippen LogP contribution in [0.15, 0.2) is 53.5 Å². The Morgan fingerprint density at radius 3 is 2.62 bits per heavy atom. The van der Waals surface area contributed by atoms with Gasteiger partial charge in [0.2, 0.25) is 0 Å². The van der Waals surface area contributed by atoms with Gasteiger partial charge in [0.1, 0.15) is 11.6 Å². The smallest absolute Gasteiger partial charge is 0.191 e. The summed E-state index contributed by atoms with van der Waals surface area (Å²) in [7, 11) is 3.41. The third-order valence-electron chi connectivity index (χ3n) is 5.02. The van der Waals surface area contributed by atoms with Gasteiger partial charge in [-0.05, 0) is 35.4 Å². The number of hydrogen-bond acceptors (Lipinski definition) is 4. The first kappa shape index (κ1) is 21.1. The van der Waals surface area contributed by atoms with Crippen LogP contribution in [0.3, 0.4) is 0 Å². The minimum absolute atomic E-state index is 0.106. The Kier molecular flexibility index (Phi) is 7.84. The Morgan fingerprint density at radius 1 is 1.17 bits per heavy atom. The Hall–Kier alpha value is -2.64. The SMILES string of the molecule is CN=C(NCc1cccc(OC)c1)NCC(c1ccc(F)cc1)N1CCOCC1. The van der Waals surface area contributed by atoms with Crippen molar-refractivity contribution in [2.75, 3.05) is 47.0 Å². The van der Waals surface area contributed by atoms with Crippen molar-refractivity contribution in [2.24, 2.45) is 4.99 Å². The number of hydrogen-bond donors (Lipinski definition) is 2. The zero-order valence-electron chi connectivity index (χ0n) is 17.0. The normalized spacial score (nSPS) is 16.3. The van der Waals surface area contributed by atoms with Gasteiger partial charge in [0.15, 0.2) is 5.96 Å². The van der Waals surface area contributed by atoms with Crippen molar-refractivity contribution in [2.45, 2.75) is 12.6 Å². The third kappa shape index (κ3) is 6.17. The van der Waals surface area contributed by atoms with Gasteiger partial charge < -0.3 is 20.1 Å². The summed E-state index contributed by atoms with van der Waals surface area (Å²) in [6.07, 6.45) is 0. The van der Waals surface area contributed by atoms with Crippen molar-refractivity contribution in [1.29, 1.82) is 0 Å². The maximum Gasteiger partial charge on any atom is 0.191 e. The van der Waals surface area contributed by atoms with Crippen LogP contribution >= 0.6 is 0 Å². The highest BCUT2D eigenvalue weighted by atomic mass is 19.1. The number of rotatable bonds is 7. The van der Waals surface area contributed by atoms with Gasteiger partial charge in [-0.25, -0.2) is 4.39 Å². The highest BCUT2D eigenvalue weighted by Crippen LogP contribution is 2.21. The van der Waals surface area contributed by atoms with Crippen molar-refractivity contribution >= 4 is 5.96 Å². The molecule has 1 heterocycles. The third-order valence-corrected chi connectivity index (χ3v) is 5.02. The molecule has 2 aromatic rings. The van der Waals surface area contributed by atoms with Crippen molar-refractivity contribution in [3.05, 3.63) is 65.5 Å². The molecule has 0 bridgehead atoms. The lowest BCUT2D eigenvalue weighted by molar-refractivity contribution is 0.0170. The molecule has 0 aromatic heterocycles. The van der Waals surface area contributed by atoms with Crippen LogP contribution in [0.2, 0.25) is 0 Å². The molecule has 1 aliphatic heterocycles. The van der Waals surface area contributed by atoms with Crippen LogP contribution in [0.1, 0.15) is 17.2 Å². The van der Waals surface area contributed by atoms with E-state index in [1.54, 1.807) is 14.2 Å². The topological polar surface area (TPSA) is 58.1 Å². The number of aliphatic imine (C=N–C) groups is 1. The van der Waals surface area contributed by atoms with Crippen LogP contribution in [-0.4, -0.2) is 57.9 Å². The fourth-order valence-corrected chi connectivity index (χ4v) is 3.41. The molecule has 1 fully saturated rings. The van der Waals surface area contributed by atoms with Gasteiger partial charge in [-0.15, -0.1) is 0 Å². The van der Waals surface area contributed by atoms with E-state index >= 15 is 0 Å². The maximum atomic E-state index is 13.4. The molecule has 0 radical (unpaired) electrons. The van der Waals surface area contributed by atoms with Crippen LogP contribution < -0.4 is 15.4 Å². The Balaban J connectivity index is 1.62. The summed E-state index contributed by atoms with van der Waals surface area (Å²) in [5, 5.41) is 6.75. The van der Waals surface area contributed by atoms with E-state index in [2.05, 4.69) is 20.5 Å². The molecule has 2 aromatic carbocycles. The van der Waals surface area contributed by atoms with Gasteiger partial charge in [-0.2, -0.15) is 0 Å². The molecule has 6 nitrogen and oxygen atoms in total. The molecular formula is C22H29FN4O2. The number of nitrogens with zero attached hydrogens (tertiary/aromatic N) is 2. The standard InChI is InChI=1S/C22H29FN4O2/c1-24-22(25-15-17-4-3-5-20(14-17)28-2)26-16-21(27-10-12-29-13-11-27)18-6-8-19(23)9-7-18/h3-9,14,21H,10-13,15-16H2,1-2H3,(H2,24,25,26). The molecule has 1 aliphatic rings. The first-order chi connectivity index (χ1) is 14.2. The van der Waals surface area contributed by atoms with Crippen LogP contribution in [0.25, 0.3) is 0 Å². The summed E-state index contributed by atoms with van der Waals surface area (Å²) in [6, 6.07) is 14.8. The molecule has 2 N–H and O–H groups in total. The molecule has 0 spiro atoms. The lowest BCUT2D eigenvalue weighted by atomic mass is 10.0. The second kappa shape index (κ2) is 10.8. The van der Waals surface area contributed by atoms with Crippen molar-refractivity contribution < 1.29 is 13.9 Å². The van der Waals surface area contributed by atoms with Crippen LogP contribution in [-0.2, 0) is 11.3 Å². The number of ether oxygens (including phenoxy) is 2. The van der Waals surface area contributed by atoms with Gasteiger partial charge in [0.05, 0.1) is 26.4 Å².